The Morgan fingerprint density at radius 1 is 1.53 bits per heavy atom. The Morgan fingerprint density at radius 3 is 2.93 bits per heavy atom. The van der Waals surface area contributed by atoms with Gasteiger partial charge in [0.05, 0.1) is 0 Å². The number of aromatic nitrogens is 1. The number of fused-ring (bicyclic) bond motifs is 1. The van der Waals surface area contributed by atoms with Crippen molar-refractivity contribution in [2.24, 2.45) is 5.92 Å². The molecule has 2 aliphatic rings. The topological polar surface area (TPSA) is 24.9 Å². The maximum Gasteiger partial charge on any atom is 0.109 e. The Kier molecular flexibility index (Phi) is 2.18. The average Bonchev–Trinajstić information content (AvgIpc) is 2.48. The second kappa shape index (κ2) is 3.42. The fourth-order valence-electron chi connectivity index (χ4n) is 2.33. The lowest BCUT2D eigenvalue weighted by molar-refractivity contribution is 0.306. The van der Waals surface area contributed by atoms with Crippen LogP contribution in [0, 0.1) is 12.8 Å². The van der Waals surface area contributed by atoms with Crippen LogP contribution in [0.15, 0.2) is 22.9 Å². The molecular weight excluding hydrogens is 252 g/mol. The number of halogens is 1. The van der Waals surface area contributed by atoms with Crippen molar-refractivity contribution in [2.75, 3.05) is 6.54 Å². The molecular formula is C12H13BrN2. The third-order valence-electron chi connectivity index (χ3n) is 3.37. The van der Waals surface area contributed by atoms with Gasteiger partial charge in [-0.25, -0.2) is 4.98 Å². The molecule has 2 atom stereocenters. The SMILES string of the molecule is Cc1cc(C2=C[C@@H]3CN[C@@H]3C2)cnc1Br. The number of pyridine rings is 1. The first-order valence-electron chi connectivity index (χ1n) is 5.30. The highest BCUT2D eigenvalue weighted by Gasteiger charge is 2.34. The van der Waals surface area contributed by atoms with Crippen LogP contribution in [0.1, 0.15) is 17.5 Å². The highest BCUT2D eigenvalue weighted by molar-refractivity contribution is 9.10. The van der Waals surface area contributed by atoms with Crippen molar-refractivity contribution in [2.45, 2.75) is 19.4 Å². The fourth-order valence-corrected chi connectivity index (χ4v) is 2.55. The van der Waals surface area contributed by atoms with Gasteiger partial charge in [-0.2, -0.15) is 0 Å². The normalized spacial score (nSPS) is 28.3. The molecule has 0 aromatic carbocycles. The van der Waals surface area contributed by atoms with Crippen molar-refractivity contribution in [1.29, 1.82) is 0 Å². The summed E-state index contributed by atoms with van der Waals surface area (Å²) in [5, 5.41) is 3.45. The first kappa shape index (κ1) is 9.55. The van der Waals surface area contributed by atoms with Crippen LogP contribution in [-0.2, 0) is 0 Å². The highest BCUT2D eigenvalue weighted by Crippen LogP contribution is 2.36. The summed E-state index contributed by atoms with van der Waals surface area (Å²) in [5.74, 6) is 0.768. The van der Waals surface area contributed by atoms with Crippen LogP contribution in [0.25, 0.3) is 5.57 Å². The first-order valence-corrected chi connectivity index (χ1v) is 6.10. The van der Waals surface area contributed by atoms with Crippen molar-refractivity contribution >= 4 is 21.5 Å². The molecule has 2 nitrogen and oxygen atoms in total. The summed E-state index contributed by atoms with van der Waals surface area (Å²) in [6.07, 6.45) is 5.53. The number of nitrogens with zero attached hydrogens (tertiary/aromatic N) is 1. The smallest absolute Gasteiger partial charge is 0.109 e. The molecule has 2 heterocycles. The van der Waals surface area contributed by atoms with E-state index in [0.29, 0.717) is 6.04 Å². The predicted octanol–water partition coefficient (Wildman–Crippen LogP) is 2.53. The van der Waals surface area contributed by atoms with Crippen LogP contribution in [0.3, 0.4) is 0 Å². The van der Waals surface area contributed by atoms with Gasteiger partial charge in [0.1, 0.15) is 4.60 Å². The van der Waals surface area contributed by atoms with E-state index in [-0.39, 0.29) is 0 Å². The maximum atomic E-state index is 4.35. The molecule has 1 saturated heterocycles. The molecule has 1 aromatic rings. The molecule has 1 fully saturated rings. The summed E-state index contributed by atoms with van der Waals surface area (Å²) >= 11 is 3.43. The molecule has 0 amide bonds. The number of rotatable bonds is 1. The van der Waals surface area contributed by atoms with Gasteiger partial charge in [0.25, 0.3) is 0 Å². The fraction of sp³-hybridized carbons (Fsp3) is 0.417. The number of aryl methyl sites for hydroxylation is 1. The van der Waals surface area contributed by atoms with Crippen LogP contribution in [-0.4, -0.2) is 17.6 Å². The largest absolute Gasteiger partial charge is 0.312 e. The summed E-state index contributed by atoms with van der Waals surface area (Å²) in [5.41, 5.74) is 3.95. The molecule has 1 aliphatic heterocycles. The molecule has 0 radical (unpaired) electrons. The van der Waals surface area contributed by atoms with Crippen molar-refractivity contribution in [1.82, 2.24) is 10.3 Å². The van der Waals surface area contributed by atoms with Gasteiger partial charge >= 0.3 is 0 Å². The molecule has 78 valence electrons. The van der Waals surface area contributed by atoms with Gasteiger partial charge in [-0.3, -0.25) is 0 Å². The van der Waals surface area contributed by atoms with Gasteiger partial charge in [-0.05, 0) is 52.0 Å². The molecule has 1 N–H and O–H groups in total. The van der Waals surface area contributed by atoms with Crippen LogP contribution in [0.4, 0.5) is 0 Å². The van der Waals surface area contributed by atoms with Gasteiger partial charge < -0.3 is 5.32 Å². The summed E-state index contributed by atoms with van der Waals surface area (Å²) in [7, 11) is 0. The zero-order valence-electron chi connectivity index (χ0n) is 8.63. The molecule has 0 spiro atoms. The van der Waals surface area contributed by atoms with E-state index in [0.717, 1.165) is 23.5 Å². The minimum absolute atomic E-state index is 0.698. The van der Waals surface area contributed by atoms with E-state index < -0.39 is 0 Å². The van der Waals surface area contributed by atoms with Crippen molar-refractivity contribution in [3.8, 4) is 0 Å². The minimum Gasteiger partial charge on any atom is -0.312 e. The van der Waals surface area contributed by atoms with Gasteiger partial charge in [0.15, 0.2) is 0 Å². The summed E-state index contributed by atoms with van der Waals surface area (Å²) < 4.78 is 0.950. The van der Waals surface area contributed by atoms with E-state index in [1.807, 2.05) is 6.20 Å². The van der Waals surface area contributed by atoms with Crippen LogP contribution >= 0.6 is 15.9 Å². The van der Waals surface area contributed by atoms with Crippen LogP contribution in [0.5, 0.6) is 0 Å². The van der Waals surface area contributed by atoms with E-state index in [4.69, 9.17) is 0 Å². The molecule has 1 aliphatic carbocycles. The number of hydrogen-bond acceptors (Lipinski definition) is 2. The van der Waals surface area contributed by atoms with Crippen molar-refractivity contribution in [3.05, 3.63) is 34.1 Å². The lowest BCUT2D eigenvalue weighted by Crippen LogP contribution is -2.49. The van der Waals surface area contributed by atoms with E-state index in [9.17, 15) is 0 Å². The molecule has 15 heavy (non-hydrogen) atoms. The van der Waals surface area contributed by atoms with E-state index >= 15 is 0 Å². The van der Waals surface area contributed by atoms with Crippen molar-refractivity contribution in [3.63, 3.8) is 0 Å². The summed E-state index contributed by atoms with van der Waals surface area (Å²) in [4.78, 5) is 4.35. The number of hydrogen-bond donors (Lipinski definition) is 1. The first-order chi connectivity index (χ1) is 7.24. The lowest BCUT2D eigenvalue weighted by atomic mass is 9.95. The van der Waals surface area contributed by atoms with E-state index in [1.54, 1.807) is 0 Å². The summed E-state index contributed by atoms with van der Waals surface area (Å²) in [6.45, 7) is 3.24. The molecule has 3 rings (SSSR count). The van der Waals surface area contributed by atoms with Gasteiger partial charge in [0.2, 0.25) is 0 Å². The second-order valence-electron chi connectivity index (χ2n) is 4.41. The second-order valence-corrected chi connectivity index (χ2v) is 5.16. The lowest BCUT2D eigenvalue weighted by Gasteiger charge is -2.31. The molecule has 0 saturated carbocycles. The standard InChI is InChI=1S/C12H13BrN2/c1-7-2-9(5-15-12(7)13)8-3-10-6-14-11(10)4-8/h2-3,5,10-11,14H,4,6H2,1H3/t10-,11-/m1/s1. The zero-order valence-corrected chi connectivity index (χ0v) is 10.2. The quantitative estimate of drug-likeness (QED) is 0.789. The zero-order chi connectivity index (χ0) is 10.4. The highest BCUT2D eigenvalue weighted by atomic mass is 79.9. The Balaban J connectivity index is 1.93. The molecule has 0 bridgehead atoms. The number of nitrogens with one attached hydrogen (secondary N) is 1. The molecule has 3 heteroatoms. The van der Waals surface area contributed by atoms with Gasteiger partial charge in [-0.15, -0.1) is 0 Å². The van der Waals surface area contributed by atoms with Gasteiger partial charge in [-0.1, -0.05) is 6.08 Å². The maximum absolute atomic E-state index is 4.35. The average molecular weight is 265 g/mol. The van der Waals surface area contributed by atoms with E-state index in [2.05, 4.69) is 45.3 Å². The van der Waals surface area contributed by atoms with Crippen molar-refractivity contribution < 1.29 is 0 Å². The predicted molar refractivity (Wildman–Crippen MR) is 64.5 cm³/mol. The Morgan fingerprint density at radius 2 is 2.40 bits per heavy atom. The molecule has 0 unspecified atom stereocenters. The summed E-state index contributed by atoms with van der Waals surface area (Å²) in [6, 6.07) is 2.91. The van der Waals surface area contributed by atoms with Gasteiger partial charge in [0, 0.05) is 24.7 Å². The Bertz CT molecular complexity index is 439. The Hall–Kier alpha value is -0.670. The third kappa shape index (κ3) is 1.54. The monoisotopic (exact) mass is 264 g/mol. The van der Waals surface area contributed by atoms with Crippen LogP contribution < -0.4 is 5.32 Å². The van der Waals surface area contributed by atoms with Crippen LogP contribution in [0.2, 0.25) is 0 Å². The Labute approximate surface area is 97.9 Å². The molecule has 1 aromatic heterocycles. The van der Waals surface area contributed by atoms with E-state index in [1.165, 1.54) is 16.7 Å². The minimum atomic E-state index is 0.698. The third-order valence-corrected chi connectivity index (χ3v) is 4.20.